The second kappa shape index (κ2) is 8.83. The first-order valence-corrected chi connectivity index (χ1v) is 11.2. The third-order valence-corrected chi connectivity index (χ3v) is 6.31. The number of nitrogens with zero attached hydrogens (tertiary/aromatic N) is 2. The number of amides is 2. The van der Waals surface area contributed by atoms with E-state index in [1.54, 1.807) is 36.3 Å². The first kappa shape index (κ1) is 22.7. The fraction of sp³-hybridized carbons (Fsp3) is 0.346. The van der Waals surface area contributed by atoms with Gasteiger partial charge in [0.2, 0.25) is 0 Å². The van der Waals surface area contributed by atoms with Gasteiger partial charge in [-0.2, -0.15) is 0 Å². The van der Waals surface area contributed by atoms with Gasteiger partial charge in [0.05, 0.1) is 11.3 Å². The molecule has 2 aliphatic rings. The lowest BCUT2D eigenvalue weighted by Gasteiger charge is -2.34. The number of ketones is 1. The van der Waals surface area contributed by atoms with Crippen LogP contribution >= 0.6 is 0 Å². The first-order valence-electron chi connectivity index (χ1n) is 11.2. The summed E-state index contributed by atoms with van der Waals surface area (Å²) < 4.78 is 5.15. The van der Waals surface area contributed by atoms with Gasteiger partial charge in [-0.05, 0) is 25.8 Å². The molecule has 0 saturated carbocycles. The summed E-state index contributed by atoms with van der Waals surface area (Å²) in [5.41, 5.74) is 0.672. The Morgan fingerprint density at radius 2 is 1.73 bits per heavy atom. The van der Waals surface area contributed by atoms with Gasteiger partial charge in [0.15, 0.2) is 5.54 Å². The molecule has 2 amide bonds. The number of fused-ring (bicyclic) bond motifs is 2. The van der Waals surface area contributed by atoms with E-state index in [0.717, 1.165) is 5.56 Å². The fourth-order valence-electron chi connectivity index (χ4n) is 4.83. The maximum atomic E-state index is 14.1. The molecular weight excluding hydrogens is 420 g/mol. The summed E-state index contributed by atoms with van der Waals surface area (Å²) in [6, 6.07) is 14.2. The highest BCUT2D eigenvalue weighted by Crippen LogP contribution is 2.53. The van der Waals surface area contributed by atoms with Gasteiger partial charge in [-0.25, -0.2) is 0 Å². The van der Waals surface area contributed by atoms with E-state index in [4.69, 9.17) is 4.74 Å². The number of hydrogen-bond acceptors (Lipinski definition) is 5. The summed E-state index contributed by atoms with van der Waals surface area (Å²) in [6.07, 6.45) is 1.14. The van der Waals surface area contributed by atoms with E-state index in [9.17, 15) is 19.5 Å². The lowest BCUT2D eigenvalue weighted by Crippen LogP contribution is -2.52. The quantitative estimate of drug-likeness (QED) is 0.304. The number of ether oxygens (including phenoxy) is 1. The first-order chi connectivity index (χ1) is 15.9. The van der Waals surface area contributed by atoms with Gasteiger partial charge >= 0.3 is 0 Å². The van der Waals surface area contributed by atoms with Gasteiger partial charge < -0.3 is 19.6 Å². The van der Waals surface area contributed by atoms with Gasteiger partial charge in [-0.15, -0.1) is 0 Å². The third kappa shape index (κ3) is 3.35. The standard InChI is InChI=1S/C26H28N2O5/c1-4-14-27-20-9-6-5-8-19(20)26(25(27)32)21(22(29)18-12-10-17(2)11-13-18)23(30)24(31)28(26)15-7-16-33-3/h5-6,8-13,29H,4,7,14-16H2,1-3H3/b22-21-. The number of carbonyl (C=O) groups excluding carboxylic acids is 3. The van der Waals surface area contributed by atoms with Crippen LogP contribution in [0.5, 0.6) is 0 Å². The number of benzene rings is 2. The van der Waals surface area contributed by atoms with Crippen molar-refractivity contribution in [1.29, 1.82) is 0 Å². The average molecular weight is 449 g/mol. The molecule has 1 unspecified atom stereocenters. The van der Waals surface area contributed by atoms with Crippen LogP contribution in [-0.2, 0) is 24.7 Å². The third-order valence-electron chi connectivity index (χ3n) is 6.31. The Bertz CT molecular complexity index is 1140. The van der Waals surface area contributed by atoms with Crippen LogP contribution in [0.4, 0.5) is 5.69 Å². The van der Waals surface area contributed by atoms with Crippen molar-refractivity contribution in [3.8, 4) is 0 Å². The molecule has 1 N–H and O–H groups in total. The minimum absolute atomic E-state index is 0.142. The van der Waals surface area contributed by atoms with E-state index < -0.39 is 23.1 Å². The Labute approximate surface area is 193 Å². The summed E-state index contributed by atoms with van der Waals surface area (Å²) in [5.74, 6) is -2.38. The lowest BCUT2D eigenvalue weighted by molar-refractivity contribution is -0.143. The molecule has 0 aliphatic carbocycles. The Kier molecular flexibility index (Phi) is 6.08. The Morgan fingerprint density at radius 1 is 1.03 bits per heavy atom. The molecule has 2 heterocycles. The molecule has 0 aromatic heterocycles. The van der Waals surface area contributed by atoms with Crippen LogP contribution < -0.4 is 4.90 Å². The van der Waals surface area contributed by atoms with E-state index in [1.165, 1.54) is 4.90 Å². The number of aryl methyl sites for hydroxylation is 1. The molecule has 4 rings (SSSR count). The number of anilines is 1. The summed E-state index contributed by atoms with van der Waals surface area (Å²) in [6.45, 7) is 4.82. The molecule has 2 aromatic rings. The van der Waals surface area contributed by atoms with E-state index in [1.807, 2.05) is 38.1 Å². The second-order valence-electron chi connectivity index (χ2n) is 8.41. The number of aliphatic hydroxyl groups excluding tert-OH is 1. The number of para-hydroxylation sites is 1. The molecule has 2 aliphatic heterocycles. The predicted octanol–water partition coefficient (Wildman–Crippen LogP) is 3.36. The van der Waals surface area contributed by atoms with Crippen LogP contribution in [0.3, 0.4) is 0 Å². The zero-order valence-corrected chi connectivity index (χ0v) is 19.1. The zero-order valence-electron chi connectivity index (χ0n) is 19.1. The van der Waals surface area contributed by atoms with Crippen molar-refractivity contribution in [2.45, 2.75) is 32.2 Å². The van der Waals surface area contributed by atoms with Crippen molar-refractivity contribution in [3.63, 3.8) is 0 Å². The molecule has 1 saturated heterocycles. The number of rotatable bonds is 7. The van der Waals surface area contributed by atoms with Crippen LogP contribution in [0.25, 0.3) is 5.76 Å². The molecule has 172 valence electrons. The molecule has 0 bridgehead atoms. The fourth-order valence-corrected chi connectivity index (χ4v) is 4.83. The highest BCUT2D eigenvalue weighted by molar-refractivity contribution is 6.50. The van der Waals surface area contributed by atoms with Crippen molar-refractivity contribution >= 4 is 29.0 Å². The molecule has 1 spiro atoms. The maximum absolute atomic E-state index is 14.1. The zero-order chi connectivity index (χ0) is 23.8. The van der Waals surface area contributed by atoms with Crippen molar-refractivity contribution in [1.82, 2.24) is 4.90 Å². The normalized spacial score (nSPS) is 21.4. The predicted molar refractivity (Wildman–Crippen MR) is 125 cm³/mol. The number of hydrogen-bond donors (Lipinski definition) is 1. The van der Waals surface area contributed by atoms with Gasteiger partial charge in [0.25, 0.3) is 17.6 Å². The average Bonchev–Trinajstić information content (AvgIpc) is 3.19. The van der Waals surface area contributed by atoms with E-state index >= 15 is 0 Å². The monoisotopic (exact) mass is 448 g/mol. The smallest absolute Gasteiger partial charge is 0.296 e. The number of likely N-dealkylation sites (tertiary alicyclic amines) is 1. The summed E-state index contributed by atoms with van der Waals surface area (Å²) >= 11 is 0. The molecule has 2 aromatic carbocycles. The minimum atomic E-state index is -1.71. The van der Waals surface area contributed by atoms with E-state index in [-0.39, 0.29) is 17.9 Å². The largest absolute Gasteiger partial charge is 0.507 e. The summed E-state index contributed by atoms with van der Waals surface area (Å²) in [5, 5.41) is 11.4. The van der Waals surface area contributed by atoms with Crippen molar-refractivity contribution in [3.05, 3.63) is 70.8 Å². The van der Waals surface area contributed by atoms with Gasteiger partial charge in [0.1, 0.15) is 5.76 Å². The number of aliphatic hydroxyl groups is 1. The topological polar surface area (TPSA) is 87.2 Å². The molecule has 1 fully saturated rings. The van der Waals surface area contributed by atoms with Gasteiger partial charge in [0, 0.05) is 37.9 Å². The van der Waals surface area contributed by atoms with Crippen molar-refractivity contribution in [2.24, 2.45) is 0 Å². The highest BCUT2D eigenvalue weighted by atomic mass is 16.5. The van der Waals surface area contributed by atoms with Crippen LogP contribution in [0, 0.1) is 6.92 Å². The highest BCUT2D eigenvalue weighted by Gasteiger charge is 2.66. The Hall–Kier alpha value is -3.45. The maximum Gasteiger partial charge on any atom is 0.296 e. The van der Waals surface area contributed by atoms with Crippen molar-refractivity contribution < 1.29 is 24.2 Å². The Morgan fingerprint density at radius 3 is 2.39 bits per heavy atom. The number of Topliss-reactive ketones (excluding diaryl/α,β-unsaturated/α-hetero) is 1. The van der Waals surface area contributed by atoms with Crippen LogP contribution in [-0.4, -0.2) is 54.4 Å². The summed E-state index contributed by atoms with van der Waals surface area (Å²) in [7, 11) is 1.56. The number of methoxy groups -OCH3 is 1. The van der Waals surface area contributed by atoms with E-state index in [0.29, 0.717) is 42.8 Å². The molecule has 7 nitrogen and oxygen atoms in total. The van der Waals surface area contributed by atoms with Gasteiger partial charge in [-0.3, -0.25) is 14.4 Å². The van der Waals surface area contributed by atoms with Crippen LogP contribution in [0.15, 0.2) is 54.1 Å². The Balaban J connectivity index is 2.01. The second-order valence-corrected chi connectivity index (χ2v) is 8.41. The number of carbonyl (C=O) groups is 3. The van der Waals surface area contributed by atoms with E-state index in [2.05, 4.69) is 0 Å². The molecule has 7 heteroatoms. The van der Waals surface area contributed by atoms with Gasteiger partial charge in [-0.1, -0.05) is 55.0 Å². The molecule has 1 atom stereocenters. The molecule has 33 heavy (non-hydrogen) atoms. The summed E-state index contributed by atoms with van der Waals surface area (Å²) in [4.78, 5) is 43.8. The minimum Gasteiger partial charge on any atom is -0.507 e. The molecule has 0 radical (unpaired) electrons. The van der Waals surface area contributed by atoms with Crippen LogP contribution in [0.1, 0.15) is 36.5 Å². The van der Waals surface area contributed by atoms with Crippen LogP contribution in [0.2, 0.25) is 0 Å². The SMILES string of the molecule is CCCN1C(=O)C2(/C(=C(\O)c3ccc(C)cc3)C(=O)C(=O)N2CCCOC)c2ccccc21. The lowest BCUT2D eigenvalue weighted by atomic mass is 9.81. The van der Waals surface area contributed by atoms with Crippen molar-refractivity contribution in [2.75, 3.05) is 31.7 Å². The molecular formula is C26H28N2O5.